The number of hydrogen-bond acceptors (Lipinski definition) is 3. The molecule has 0 fully saturated rings. The summed E-state index contributed by atoms with van der Waals surface area (Å²) in [6, 6.07) is 12.0. The Hall–Kier alpha value is -2.71. The lowest BCUT2D eigenvalue weighted by Gasteiger charge is -2.09. The second-order valence-corrected chi connectivity index (χ2v) is 7.23. The Labute approximate surface area is 148 Å². The van der Waals surface area contributed by atoms with Gasteiger partial charge in [0, 0.05) is 15.8 Å². The first-order chi connectivity index (χ1) is 12.2. The summed E-state index contributed by atoms with van der Waals surface area (Å²) in [4.78, 5) is 14.0. The van der Waals surface area contributed by atoms with Gasteiger partial charge in [-0.3, -0.25) is 4.79 Å². The largest absolute Gasteiger partial charge is 0.312 e. The molecular weight excluding hydrogens is 335 g/mol. The lowest BCUT2D eigenvalue weighted by Crippen LogP contribution is -2.12. The van der Waals surface area contributed by atoms with E-state index in [1.54, 1.807) is 24.3 Å². The highest BCUT2D eigenvalue weighted by molar-refractivity contribution is 7.16. The van der Waals surface area contributed by atoms with Crippen LogP contribution in [0.1, 0.15) is 39.2 Å². The number of carbonyl (C=O) groups excluding carboxylic acids is 1. The summed E-state index contributed by atoms with van der Waals surface area (Å²) < 4.78 is 14.0. The van der Waals surface area contributed by atoms with Crippen LogP contribution in [0.3, 0.4) is 0 Å². The number of nitrogens with zero attached hydrogens (tertiary/aromatic N) is 1. The third-order valence-electron chi connectivity index (χ3n) is 4.63. The third-order valence-corrected chi connectivity index (χ3v) is 5.83. The van der Waals surface area contributed by atoms with Gasteiger partial charge in [-0.25, -0.2) is 4.39 Å². The van der Waals surface area contributed by atoms with Crippen molar-refractivity contribution in [2.75, 3.05) is 5.32 Å². The Morgan fingerprint density at radius 1 is 1.12 bits per heavy atom. The second-order valence-electron chi connectivity index (χ2n) is 6.12. The van der Waals surface area contributed by atoms with E-state index < -0.39 is 0 Å². The summed E-state index contributed by atoms with van der Waals surface area (Å²) in [6.45, 7) is 0. The molecule has 0 saturated carbocycles. The van der Waals surface area contributed by atoms with Gasteiger partial charge >= 0.3 is 0 Å². The SMILES string of the molecule is N#Cc1c(NC(=O)c2ccc(F)c3ccccc23)sc2c1CCCC2. The zero-order valence-corrected chi connectivity index (χ0v) is 14.3. The number of anilines is 1. The van der Waals surface area contributed by atoms with Crippen LogP contribution in [0.5, 0.6) is 0 Å². The molecule has 0 aliphatic heterocycles. The smallest absolute Gasteiger partial charge is 0.256 e. The van der Waals surface area contributed by atoms with Crippen molar-refractivity contribution < 1.29 is 9.18 Å². The van der Waals surface area contributed by atoms with E-state index in [-0.39, 0.29) is 11.7 Å². The number of amides is 1. The zero-order valence-electron chi connectivity index (χ0n) is 13.4. The van der Waals surface area contributed by atoms with Gasteiger partial charge in [-0.2, -0.15) is 5.26 Å². The summed E-state index contributed by atoms with van der Waals surface area (Å²) in [5.74, 6) is -0.664. The summed E-state index contributed by atoms with van der Waals surface area (Å²) in [7, 11) is 0. The minimum atomic E-state index is -0.351. The Bertz CT molecular complexity index is 1030. The Morgan fingerprint density at radius 2 is 1.88 bits per heavy atom. The molecule has 1 heterocycles. The number of nitrogens with one attached hydrogen (secondary N) is 1. The van der Waals surface area contributed by atoms with Gasteiger partial charge in [-0.15, -0.1) is 11.3 Å². The maximum absolute atomic E-state index is 14.0. The monoisotopic (exact) mass is 350 g/mol. The molecule has 0 unspecified atom stereocenters. The second kappa shape index (κ2) is 6.30. The van der Waals surface area contributed by atoms with Crippen molar-refractivity contribution in [2.24, 2.45) is 0 Å². The number of fused-ring (bicyclic) bond motifs is 2. The van der Waals surface area contributed by atoms with Crippen molar-refractivity contribution in [1.29, 1.82) is 5.26 Å². The molecule has 1 aliphatic rings. The van der Waals surface area contributed by atoms with Crippen molar-refractivity contribution in [1.82, 2.24) is 0 Å². The first-order valence-electron chi connectivity index (χ1n) is 8.22. The van der Waals surface area contributed by atoms with Crippen LogP contribution in [-0.4, -0.2) is 5.91 Å². The number of nitriles is 1. The number of benzene rings is 2. The molecular formula is C20H15FN2OS. The van der Waals surface area contributed by atoms with Crippen molar-refractivity contribution in [3.8, 4) is 6.07 Å². The fraction of sp³-hybridized carbons (Fsp3) is 0.200. The predicted molar refractivity (Wildman–Crippen MR) is 97.5 cm³/mol. The molecule has 4 rings (SSSR count). The number of halogens is 1. The number of hydrogen-bond donors (Lipinski definition) is 1. The molecule has 3 nitrogen and oxygen atoms in total. The van der Waals surface area contributed by atoms with Crippen LogP contribution < -0.4 is 5.32 Å². The molecule has 0 atom stereocenters. The number of aryl methyl sites for hydroxylation is 1. The molecule has 25 heavy (non-hydrogen) atoms. The summed E-state index contributed by atoms with van der Waals surface area (Å²) >= 11 is 1.49. The first-order valence-corrected chi connectivity index (χ1v) is 9.04. The average Bonchev–Trinajstić information content (AvgIpc) is 2.99. The van der Waals surface area contributed by atoms with Gasteiger partial charge in [0.25, 0.3) is 5.91 Å². The lowest BCUT2D eigenvalue weighted by molar-refractivity contribution is 0.102. The van der Waals surface area contributed by atoms with Gasteiger partial charge in [-0.1, -0.05) is 24.3 Å². The van der Waals surface area contributed by atoms with Crippen LogP contribution in [0.4, 0.5) is 9.39 Å². The van der Waals surface area contributed by atoms with Gasteiger partial charge in [0.2, 0.25) is 0 Å². The van der Waals surface area contributed by atoms with Gasteiger partial charge in [0.15, 0.2) is 0 Å². The van der Waals surface area contributed by atoms with Crippen molar-refractivity contribution in [3.05, 3.63) is 63.8 Å². The van der Waals surface area contributed by atoms with E-state index in [0.29, 0.717) is 26.9 Å². The van der Waals surface area contributed by atoms with Crippen LogP contribution in [-0.2, 0) is 12.8 Å². The Kier molecular flexibility index (Phi) is 3.98. The van der Waals surface area contributed by atoms with Crippen LogP contribution >= 0.6 is 11.3 Å². The minimum absolute atomic E-state index is 0.314. The van der Waals surface area contributed by atoms with Crippen LogP contribution in [0.15, 0.2) is 36.4 Å². The first kappa shape index (κ1) is 15.8. The van der Waals surface area contributed by atoms with E-state index >= 15 is 0 Å². The molecule has 3 aromatic rings. The van der Waals surface area contributed by atoms with E-state index in [1.807, 2.05) is 0 Å². The fourth-order valence-corrected chi connectivity index (χ4v) is 4.64. The summed E-state index contributed by atoms with van der Waals surface area (Å²) in [6.07, 6.45) is 4.05. The molecule has 1 N–H and O–H groups in total. The van der Waals surface area contributed by atoms with Crippen LogP contribution in [0.25, 0.3) is 10.8 Å². The van der Waals surface area contributed by atoms with E-state index in [0.717, 1.165) is 31.2 Å². The van der Waals surface area contributed by atoms with Crippen LogP contribution in [0.2, 0.25) is 0 Å². The van der Waals surface area contributed by atoms with Gasteiger partial charge in [0.1, 0.15) is 16.9 Å². The number of thiophene rings is 1. The molecule has 124 valence electrons. The highest BCUT2D eigenvalue weighted by Gasteiger charge is 2.22. The van der Waals surface area contributed by atoms with E-state index in [2.05, 4.69) is 11.4 Å². The van der Waals surface area contributed by atoms with Crippen molar-refractivity contribution in [2.45, 2.75) is 25.7 Å². The zero-order chi connectivity index (χ0) is 17.4. The number of carbonyl (C=O) groups is 1. The standard InChI is InChI=1S/C20H15FN2OS/c21-17-10-9-15(12-5-1-2-6-13(12)17)19(24)23-20-16(11-22)14-7-3-4-8-18(14)25-20/h1-2,5-6,9-10H,3-4,7-8H2,(H,23,24). The number of rotatable bonds is 2. The topological polar surface area (TPSA) is 52.9 Å². The minimum Gasteiger partial charge on any atom is -0.312 e. The van der Waals surface area contributed by atoms with E-state index in [9.17, 15) is 14.4 Å². The Morgan fingerprint density at radius 3 is 2.68 bits per heavy atom. The van der Waals surface area contributed by atoms with Crippen molar-refractivity contribution >= 4 is 33.0 Å². The quantitative estimate of drug-likeness (QED) is 0.704. The molecule has 1 aromatic heterocycles. The van der Waals surface area contributed by atoms with E-state index in [4.69, 9.17) is 0 Å². The highest BCUT2D eigenvalue weighted by Crippen LogP contribution is 2.38. The van der Waals surface area contributed by atoms with Gasteiger partial charge in [-0.05, 0) is 48.8 Å². The third kappa shape index (κ3) is 2.69. The summed E-state index contributed by atoms with van der Waals surface area (Å²) in [5, 5.41) is 14.0. The Balaban J connectivity index is 1.74. The highest BCUT2D eigenvalue weighted by atomic mass is 32.1. The predicted octanol–water partition coefficient (Wildman–Crippen LogP) is 5.04. The molecule has 1 aliphatic carbocycles. The maximum atomic E-state index is 14.0. The van der Waals surface area contributed by atoms with Crippen LogP contribution in [0, 0.1) is 17.1 Å². The molecule has 0 radical (unpaired) electrons. The van der Waals surface area contributed by atoms with Crippen molar-refractivity contribution in [3.63, 3.8) is 0 Å². The summed E-state index contributed by atoms with van der Waals surface area (Å²) in [5.41, 5.74) is 2.07. The molecule has 5 heteroatoms. The fourth-order valence-electron chi connectivity index (χ4n) is 3.40. The maximum Gasteiger partial charge on any atom is 0.256 e. The van der Waals surface area contributed by atoms with E-state index in [1.165, 1.54) is 28.3 Å². The average molecular weight is 350 g/mol. The van der Waals surface area contributed by atoms with Gasteiger partial charge in [0.05, 0.1) is 5.56 Å². The molecule has 0 spiro atoms. The molecule has 1 amide bonds. The molecule has 0 bridgehead atoms. The molecule has 0 saturated heterocycles. The lowest BCUT2D eigenvalue weighted by atomic mass is 9.96. The molecule has 2 aromatic carbocycles. The normalized spacial score (nSPS) is 13.3. The van der Waals surface area contributed by atoms with Gasteiger partial charge < -0.3 is 5.32 Å².